The maximum absolute atomic E-state index is 11.6. The van der Waals surface area contributed by atoms with Crippen molar-refractivity contribution in [2.45, 2.75) is 26.4 Å². The number of hydroxylamine groups is 1. The highest BCUT2D eigenvalue weighted by Gasteiger charge is 2.16. The molecule has 5 nitrogen and oxygen atoms in total. The third kappa shape index (κ3) is 3.53. The van der Waals surface area contributed by atoms with E-state index in [1.165, 1.54) is 10.7 Å². The van der Waals surface area contributed by atoms with Crippen molar-refractivity contribution >= 4 is 17.5 Å². The summed E-state index contributed by atoms with van der Waals surface area (Å²) in [7, 11) is 1.64. The molecular formula is C9H14ClN3O2. The Morgan fingerprint density at radius 2 is 2.20 bits per heavy atom. The maximum atomic E-state index is 11.6. The van der Waals surface area contributed by atoms with Crippen LogP contribution in [0.2, 0.25) is 5.15 Å². The van der Waals surface area contributed by atoms with E-state index >= 15 is 0 Å². The Morgan fingerprint density at radius 1 is 1.60 bits per heavy atom. The summed E-state index contributed by atoms with van der Waals surface area (Å²) < 4.78 is 1.39. The lowest BCUT2D eigenvalue weighted by molar-refractivity contribution is -0.0593. The molecule has 1 amide bonds. The van der Waals surface area contributed by atoms with Gasteiger partial charge in [-0.15, -0.1) is 0 Å². The minimum atomic E-state index is -0.432. The van der Waals surface area contributed by atoms with Crippen LogP contribution in [0.15, 0.2) is 6.07 Å². The van der Waals surface area contributed by atoms with Gasteiger partial charge >= 0.3 is 0 Å². The Balaban J connectivity index is 2.66. The summed E-state index contributed by atoms with van der Waals surface area (Å²) in [5.74, 6) is -0.369. The molecule has 0 atom stereocenters. The van der Waals surface area contributed by atoms with E-state index in [0.717, 1.165) is 0 Å². The van der Waals surface area contributed by atoms with Gasteiger partial charge < -0.3 is 0 Å². The van der Waals surface area contributed by atoms with Crippen molar-refractivity contribution in [1.29, 1.82) is 0 Å². The monoisotopic (exact) mass is 231 g/mol. The zero-order valence-electron chi connectivity index (χ0n) is 9.17. The maximum Gasteiger partial charge on any atom is 0.293 e. The van der Waals surface area contributed by atoms with Gasteiger partial charge in [0.1, 0.15) is 5.69 Å². The standard InChI is InChI=1S/C9H14ClN3O2/c1-9(2,3)15-12-8(14)6-5-7(10)11-13(6)4/h5H,1-4H3,(H,12,14). The smallest absolute Gasteiger partial charge is 0.268 e. The van der Waals surface area contributed by atoms with Gasteiger partial charge in [0.05, 0.1) is 5.60 Å². The number of carbonyl (C=O) groups is 1. The quantitative estimate of drug-likeness (QED) is 0.786. The van der Waals surface area contributed by atoms with Gasteiger partial charge in [-0.05, 0) is 20.8 Å². The first kappa shape index (κ1) is 12.0. The lowest BCUT2D eigenvalue weighted by Gasteiger charge is -2.18. The fraction of sp³-hybridized carbons (Fsp3) is 0.556. The van der Waals surface area contributed by atoms with Crippen molar-refractivity contribution in [3.8, 4) is 0 Å². The van der Waals surface area contributed by atoms with Crippen molar-refractivity contribution in [2.24, 2.45) is 7.05 Å². The van der Waals surface area contributed by atoms with Crippen molar-refractivity contribution in [3.05, 3.63) is 16.9 Å². The summed E-state index contributed by atoms with van der Waals surface area (Å²) in [5, 5.41) is 4.12. The average molecular weight is 232 g/mol. The molecule has 1 N–H and O–H groups in total. The zero-order valence-corrected chi connectivity index (χ0v) is 9.92. The second-order valence-electron chi connectivity index (χ2n) is 4.12. The van der Waals surface area contributed by atoms with Crippen LogP contribution < -0.4 is 5.48 Å². The van der Waals surface area contributed by atoms with Crippen LogP contribution in [0.1, 0.15) is 31.3 Å². The molecule has 0 bridgehead atoms. The molecule has 1 heterocycles. The fourth-order valence-corrected chi connectivity index (χ4v) is 1.11. The Bertz CT molecular complexity index is 368. The summed E-state index contributed by atoms with van der Waals surface area (Å²) in [5.41, 5.74) is 2.25. The van der Waals surface area contributed by atoms with Crippen LogP contribution in [-0.4, -0.2) is 21.3 Å². The molecule has 0 saturated heterocycles. The highest BCUT2D eigenvalue weighted by molar-refractivity contribution is 6.29. The minimum absolute atomic E-state index is 0.276. The van der Waals surface area contributed by atoms with Gasteiger partial charge in [0.15, 0.2) is 5.15 Å². The Kier molecular flexibility index (Phi) is 3.36. The lowest BCUT2D eigenvalue weighted by Crippen LogP contribution is -2.34. The molecule has 6 heteroatoms. The minimum Gasteiger partial charge on any atom is -0.268 e. The first-order valence-electron chi connectivity index (χ1n) is 4.47. The van der Waals surface area contributed by atoms with Gasteiger partial charge in [-0.2, -0.15) is 5.10 Å². The third-order valence-corrected chi connectivity index (χ3v) is 1.72. The van der Waals surface area contributed by atoms with Gasteiger partial charge in [0, 0.05) is 13.1 Å². The predicted molar refractivity (Wildman–Crippen MR) is 56.5 cm³/mol. The number of hydrogen-bond acceptors (Lipinski definition) is 3. The van der Waals surface area contributed by atoms with E-state index in [-0.39, 0.29) is 11.1 Å². The molecule has 1 aromatic rings. The van der Waals surface area contributed by atoms with Crippen LogP contribution >= 0.6 is 11.6 Å². The van der Waals surface area contributed by atoms with E-state index in [9.17, 15) is 4.79 Å². The number of hydrogen-bond donors (Lipinski definition) is 1. The second kappa shape index (κ2) is 4.20. The Morgan fingerprint density at radius 3 is 2.60 bits per heavy atom. The molecule has 0 aliphatic carbocycles. The Hall–Kier alpha value is -1.07. The van der Waals surface area contributed by atoms with Crippen LogP contribution in [0.4, 0.5) is 0 Å². The number of nitrogens with one attached hydrogen (secondary N) is 1. The molecule has 0 aliphatic rings. The van der Waals surface area contributed by atoms with E-state index in [0.29, 0.717) is 5.69 Å². The zero-order chi connectivity index (χ0) is 11.6. The van der Waals surface area contributed by atoms with Gasteiger partial charge in [-0.1, -0.05) is 11.6 Å². The summed E-state index contributed by atoms with van der Waals surface area (Å²) in [6.45, 7) is 5.51. The Labute approximate surface area is 93.3 Å². The molecule has 0 saturated carbocycles. The van der Waals surface area contributed by atoms with Crippen molar-refractivity contribution in [1.82, 2.24) is 15.3 Å². The van der Waals surface area contributed by atoms with E-state index in [2.05, 4.69) is 10.6 Å². The van der Waals surface area contributed by atoms with Crippen LogP contribution in [0.5, 0.6) is 0 Å². The highest BCUT2D eigenvalue weighted by atomic mass is 35.5. The molecule has 1 aromatic heterocycles. The van der Waals surface area contributed by atoms with E-state index < -0.39 is 5.60 Å². The molecule has 0 aromatic carbocycles. The first-order chi connectivity index (χ1) is 6.79. The lowest BCUT2D eigenvalue weighted by atomic mass is 10.2. The molecule has 15 heavy (non-hydrogen) atoms. The number of aryl methyl sites for hydroxylation is 1. The topological polar surface area (TPSA) is 56.2 Å². The van der Waals surface area contributed by atoms with Gasteiger partial charge in [0.25, 0.3) is 5.91 Å². The average Bonchev–Trinajstić information content (AvgIpc) is 2.40. The summed E-state index contributed by atoms with van der Waals surface area (Å²) in [4.78, 5) is 16.7. The van der Waals surface area contributed by atoms with E-state index in [1.807, 2.05) is 20.8 Å². The van der Waals surface area contributed by atoms with Crippen molar-refractivity contribution in [3.63, 3.8) is 0 Å². The molecule has 84 valence electrons. The predicted octanol–water partition coefficient (Wildman–Crippen LogP) is 1.53. The van der Waals surface area contributed by atoms with Crippen molar-refractivity contribution < 1.29 is 9.63 Å². The summed E-state index contributed by atoms with van der Waals surface area (Å²) in [6, 6.07) is 1.48. The molecule has 0 unspecified atom stereocenters. The summed E-state index contributed by atoms with van der Waals surface area (Å²) >= 11 is 5.65. The number of rotatable bonds is 2. The number of aromatic nitrogens is 2. The SMILES string of the molecule is Cn1nc(Cl)cc1C(=O)NOC(C)(C)C. The van der Waals surface area contributed by atoms with Crippen LogP contribution in [0.3, 0.4) is 0 Å². The molecular weight excluding hydrogens is 218 g/mol. The summed E-state index contributed by atoms with van der Waals surface area (Å²) in [6.07, 6.45) is 0. The number of nitrogens with zero attached hydrogens (tertiary/aromatic N) is 2. The number of halogens is 1. The molecule has 0 fully saturated rings. The number of amides is 1. The molecule has 1 rings (SSSR count). The van der Waals surface area contributed by atoms with Crippen LogP contribution in [-0.2, 0) is 11.9 Å². The van der Waals surface area contributed by atoms with Crippen molar-refractivity contribution in [2.75, 3.05) is 0 Å². The van der Waals surface area contributed by atoms with Crippen LogP contribution in [0, 0.1) is 0 Å². The third-order valence-electron chi connectivity index (χ3n) is 1.53. The molecule has 0 aliphatic heterocycles. The fourth-order valence-electron chi connectivity index (χ4n) is 0.896. The highest BCUT2D eigenvalue weighted by Crippen LogP contribution is 2.09. The largest absolute Gasteiger partial charge is 0.293 e. The van der Waals surface area contributed by atoms with E-state index in [1.54, 1.807) is 7.05 Å². The normalized spacial score (nSPS) is 11.5. The molecule has 0 radical (unpaired) electrons. The van der Waals surface area contributed by atoms with Gasteiger partial charge in [0.2, 0.25) is 0 Å². The van der Waals surface area contributed by atoms with Gasteiger partial charge in [-0.25, -0.2) is 5.48 Å². The van der Waals surface area contributed by atoms with E-state index in [4.69, 9.17) is 16.4 Å². The number of carbonyl (C=O) groups excluding carboxylic acids is 1. The first-order valence-corrected chi connectivity index (χ1v) is 4.85. The van der Waals surface area contributed by atoms with Gasteiger partial charge in [-0.3, -0.25) is 14.3 Å². The second-order valence-corrected chi connectivity index (χ2v) is 4.51. The van der Waals surface area contributed by atoms with Crippen LogP contribution in [0.25, 0.3) is 0 Å². The molecule has 0 spiro atoms.